The summed E-state index contributed by atoms with van der Waals surface area (Å²) < 4.78 is 0. The number of nitrogens with zero attached hydrogens (tertiary/aromatic N) is 5. The number of nitrogens with one attached hydrogen (secondary N) is 1. The van der Waals surface area contributed by atoms with E-state index in [1.807, 2.05) is 25.1 Å². The topological polar surface area (TPSA) is 88.9 Å². The van der Waals surface area contributed by atoms with Crippen molar-refractivity contribution in [2.75, 3.05) is 6.61 Å². The molecule has 0 spiro atoms. The van der Waals surface area contributed by atoms with Gasteiger partial charge in [0.2, 0.25) is 0 Å². The van der Waals surface area contributed by atoms with E-state index in [0.29, 0.717) is 18.9 Å². The second-order valence-electron chi connectivity index (χ2n) is 3.66. The Morgan fingerprint density at radius 3 is 3.11 bits per heavy atom. The third-order valence-corrected chi connectivity index (χ3v) is 2.26. The second-order valence-corrected chi connectivity index (χ2v) is 3.66. The monoisotopic (exact) mass is 246 g/mol. The zero-order valence-corrected chi connectivity index (χ0v) is 10.1. The van der Waals surface area contributed by atoms with Crippen molar-refractivity contribution in [1.29, 1.82) is 0 Å². The fourth-order valence-corrected chi connectivity index (χ4v) is 1.35. The summed E-state index contributed by atoms with van der Waals surface area (Å²) in [6.45, 7) is 2.38. The molecule has 2 aromatic rings. The predicted octanol–water partition coefficient (Wildman–Crippen LogP) is 0.968. The highest BCUT2D eigenvalue weighted by molar-refractivity contribution is 5.96. The first-order valence-corrected chi connectivity index (χ1v) is 5.66. The van der Waals surface area contributed by atoms with Crippen molar-refractivity contribution < 1.29 is 4.84 Å². The van der Waals surface area contributed by atoms with Gasteiger partial charge in [0.15, 0.2) is 5.82 Å². The molecule has 2 rings (SSSR count). The molecule has 0 atom stereocenters. The molecule has 2 aromatic heterocycles. The van der Waals surface area contributed by atoms with E-state index >= 15 is 0 Å². The minimum absolute atomic E-state index is 0.513. The Morgan fingerprint density at radius 1 is 1.44 bits per heavy atom. The molecule has 94 valence electrons. The van der Waals surface area contributed by atoms with Crippen LogP contribution in [0.1, 0.15) is 24.9 Å². The number of pyridine rings is 1. The lowest BCUT2D eigenvalue weighted by molar-refractivity contribution is 0.141. The molecule has 0 unspecified atom stereocenters. The first kappa shape index (κ1) is 12.2. The van der Waals surface area contributed by atoms with Gasteiger partial charge in [-0.25, -0.2) is 0 Å². The van der Waals surface area contributed by atoms with E-state index < -0.39 is 0 Å². The number of tetrazole rings is 1. The van der Waals surface area contributed by atoms with E-state index in [1.165, 1.54) is 0 Å². The highest BCUT2D eigenvalue weighted by Gasteiger charge is 1.99. The number of rotatable bonds is 6. The van der Waals surface area contributed by atoms with E-state index in [4.69, 9.17) is 4.84 Å². The van der Waals surface area contributed by atoms with Gasteiger partial charge in [-0.2, -0.15) is 5.21 Å². The number of hydrogen-bond donors (Lipinski definition) is 1. The summed E-state index contributed by atoms with van der Waals surface area (Å²) >= 11 is 0. The van der Waals surface area contributed by atoms with Crippen LogP contribution in [0, 0.1) is 0 Å². The number of aromatic amines is 1. The highest BCUT2D eigenvalue weighted by Crippen LogP contribution is 1.98. The molecule has 0 saturated carbocycles. The molecule has 0 aromatic carbocycles. The lowest BCUT2D eigenvalue weighted by atomic mass is 10.3. The molecule has 0 saturated heterocycles. The van der Waals surface area contributed by atoms with Crippen LogP contribution in [-0.4, -0.2) is 37.9 Å². The van der Waals surface area contributed by atoms with Crippen LogP contribution in [-0.2, 0) is 11.3 Å². The van der Waals surface area contributed by atoms with Crippen molar-refractivity contribution >= 4 is 5.71 Å². The summed E-state index contributed by atoms with van der Waals surface area (Å²) in [6.07, 6.45) is 3.23. The van der Waals surface area contributed by atoms with Crippen molar-refractivity contribution in [3.63, 3.8) is 0 Å². The van der Waals surface area contributed by atoms with Gasteiger partial charge < -0.3 is 4.84 Å². The maximum atomic E-state index is 5.21. The molecule has 0 aliphatic carbocycles. The summed E-state index contributed by atoms with van der Waals surface area (Å²) in [5.74, 6) is 0.684. The quantitative estimate of drug-likeness (QED) is 0.466. The van der Waals surface area contributed by atoms with Gasteiger partial charge >= 0.3 is 0 Å². The first-order valence-electron chi connectivity index (χ1n) is 5.66. The van der Waals surface area contributed by atoms with Crippen molar-refractivity contribution in [2.24, 2.45) is 5.16 Å². The average molecular weight is 246 g/mol. The molecule has 0 radical (unpaired) electrons. The fourth-order valence-electron chi connectivity index (χ4n) is 1.35. The predicted molar refractivity (Wildman–Crippen MR) is 64.9 cm³/mol. The van der Waals surface area contributed by atoms with E-state index in [0.717, 1.165) is 17.8 Å². The van der Waals surface area contributed by atoms with Gasteiger partial charge in [0.1, 0.15) is 12.3 Å². The van der Waals surface area contributed by atoms with Crippen LogP contribution in [0.4, 0.5) is 0 Å². The standard InChI is InChI=1S/C11H14N6O/c1-9(10-5-2-3-7-12-10)15-18-8-4-6-11-13-16-17-14-11/h2-3,5,7H,4,6,8H2,1H3,(H,13,14,16,17). The molecular formula is C11H14N6O. The molecule has 7 nitrogen and oxygen atoms in total. The average Bonchev–Trinajstić information content (AvgIpc) is 2.92. The summed E-state index contributed by atoms with van der Waals surface area (Å²) in [5.41, 5.74) is 1.57. The molecule has 0 amide bonds. The Kier molecular flexibility index (Phi) is 4.34. The lowest BCUT2D eigenvalue weighted by Gasteiger charge is -2.00. The van der Waals surface area contributed by atoms with Gasteiger partial charge in [0, 0.05) is 12.6 Å². The Balaban J connectivity index is 1.71. The van der Waals surface area contributed by atoms with Crippen LogP contribution >= 0.6 is 0 Å². The smallest absolute Gasteiger partial charge is 0.174 e. The number of H-pyrrole nitrogens is 1. The molecule has 0 fully saturated rings. The second kappa shape index (κ2) is 6.43. The van der Waals surface area contributed by atoms with Crippen LogP contribution in [0.15, 0.2) is 29.6 Å². The fraction of sp³-hybridized carbons (Fsp3) is 0.364. The maximum absolute atomic E-state index is 5.21. The van der Waals surface area contributed by atoms with Crippen LogP contribution in [0.2, 0.25) is 0 Å². The van der Waals surface area contributed by atoms with Gasteiger partial charge in [-0.05, 0) is 25.5 Å². The number of aromatic nitrogens is 5. The first-order chi connectivity index (χ1) is 8.86. The van der Waals surface area contributed by atoms with Gasteiger partial charge in [-0.1, -0.05) is 16.4 Å². The SMILES string of the molecule is CC(=NOCCCc1nn[nH]n1)c1ccccn1. The van der Waals surface area contributed by atoms with Gasteiger partial charge in [-0.3, -0.25) is 4.98 Å². The van der Waals surface area contributed by atoms with E-state index in [9.17, 15) is 0 Å². The molecule has 0 aliphatic heterocycles. The Morgan fingerprint density at radius 2 is 2.39 bits per heavy atom. The van der Waals surface area contributed by atoms with Crippen LogP contribution in [0.3, 0.4) is 0 Å². The molecule has 7 heteroatoms. The van der Waals surface area contributed by atoms with Crippen LogP contribution in [0.5, 0.6) is 0 Å². The van der Waals surface area contributed by atoms with Crippen LogP contribution < -0.4 is 0 Å². The van der Waals surface area contributed by atoms with Gasteiger partial charge in [0.05, 0.1) is 5.69 Å². The third kappa shape index (κ3) is 3.62. The molecule has 2 heterocycles. The van der Waals surface area contributed by atoms with E-state index in [2.05, 4.69) is 30.8 Å². The van der Waals surface area contributed by atoms with Gasteiger partial charge in [0.25, 0.3) is 0 Å². The molecule has 0 bridgehead atoms. The molecular weight excluding hydrogens is 232 g/mol. The van der Waals surface area contributed by atoms with Crippen molar-refractivity contribution in [1.82, 2.24) is 25.6 Å². The summed E-state index contributed by atoms with van der Waals surface area (Å²) in [6, 6.07) is 5.67. The van der Waals surface area contributed by atoms with Crippen molar-refractivity contribution in [2.45, 2.75) is 19.8 Å². The van der Waals surface area contributed by atoms with Crippen molar-refractivity contribution in [3.05, 3.63) is 35.9 Å². The largest absolute Gasteiger partial charge is 0.396 e. The summed E-state index contributed by atoms with van der Waals surface area (Å²) in [7, 11) is 0. The zero-order valence-electron chi connectivity index (χ0n) is 10.1. The minimum atomic E-state index is 0.513. The molecule has 18 heavy (non-hydrogen) atoms. The lowest BCUT2D eigenvalue weighted by Crippen LogP contribution is -2.00. The Bertz CT molecular complexity index is 481. The summed E-state index contributed by atoms with van der Waals surface area (Å²) in [4.78, 5) is 9.38. The number of aryl methyl sites for hydroxylation is 1. The highest BCUT2D eigenvalue weighted by atomic mass is 16.6. The normalized spacial score (nSPS) is 11.5. The zero-order chi connectivity index (χ0) is 12.6. The minimum Gasteiger partial charge on any atom is -0.396 e. The Labute approximate surface area is 104 Å². The number of oxime groups is 1. The number of hydrogen-bond acceptors (Lipinski definition) is 6. The van der Waals surface area contributed by atoms with Gasteiger partial charge in [-0.15, -0.1) is 10.2 Å². The molecule has 0 aliphatic rings. The Hall–Kier alpha value is -2.31. The molecule has 1 N–H and O–H groups in total. The van der Waals surface area contributed by atoms with Crippen LogP contribution in [0.25, 0.3) is 0 Å². The van der Waals surface area contributed by atoms with Crippen molar-refractivity contribution in [3.8, 4) is 0 Å². The summed E-state index contributed by atoms with van der Waals surface area (Å²) in [5, 5.41) is 17.6. The maximum Gasteiger partial charge on any atom is 0.174 e. The van der Waals surface area contributed by atoms with E-state index in [1.54, 1.807) is 6.20 Å². The third-order valence-electron chi connectivity index (χ3n) is 2.26. The van der Waals surface area contributed by atoms with E-state index in [-0.39, 0.29) is 0 Å².